The third-order valence-corrected chi connectivity index (χ3v) is 4.10. The number of carbonyl (C=O) groups excluding carboxylic acids is 1. The minimum absolute atomic E-state index is 0.183. The van der Waals surface area contributed by atoms with E-state index in [1.807, 2.05) is 20.9 Å². The molecule has 3 heteroatoms. The van der Waals surface area contributed by atoms with E-state index >= 15 is 0 Å². The van der Waals surface area contributed by atoms with Gasteiger partial charge in [-0.2, -0.15) is 0 Å². The number of rotatable bonds is 5. The van der Waals surface area contributed by atoms with Gasteiger partial charge in [-0.05, 0) is 56.8 Å². The molecule has 0 aromatic heterocycles. The SMILES string of the molecule is CN1C(=O)C(C)(C)c2cc(CCCCCN)ccc21. The number of unbranched alkanes of at least 4 members (excludes halogenated alkanes) is 2. The minimum atomic E-state index is -0.392. The van der Waals surface area contributed by atoms with Crippen LogP contribution in [0.1, 0.15) is 44.2 Å². The Hall–Kier alpha value is -1.35. The van der Waals surface area contributed by atoms with Crippen molar-refractivity contribution >= 4 is 11.6 Å². The fraction of sp³-hybridized carbons (Fsp3) is 0.562. The van der Waals surface area contributed by atoms with Crippen molar-refractivity contribution in [1.29, 1.82) is 0 Å². The van der Waals surface area contributed by atoms with Gasteiger partial charge in [0.25, 0.3) is 0 Å². The number of likely N-dealkylation sites (N-methyl/N-ethyl adjacent to an activating group) is 1. The van der Waals surface area contributed by atoms with Crippen LogP contribution < -0.4 is 10.6 Å². The number of benzene rings is 1. The fourth-order valence-corrected chi connectivity index (χ4v) is 2.83. The van der Waals surface area contributed by atoms with Crippen LogP contribution in [0.5, 0.6) is 0 Å². The predicted molar refractivity (Wildman–Crippen MR) is 79.5 cm³/mol. The number of hydrogen-bond acceptors (Lipinski definition) is 2. The summed E-state index contributed by atoms with van der Waals surface area (Å²) >= 11 is 0. The van der Waals surface area contributed by atoms with Crippen LogP contribution in [0, 0.1) is 0 Å². The average Bonchev–Trinajstić information content (AvgIpc) is 2.57. The van der Waals surface area contributed by atoms with Crippen LogP contribution in [0.2, 0.25) is 0 Å². The Bertz CT molecular complexity index is 480. The molecule has 0 radical (unpaired) electrons. The highest BCUT2D eigenvalue weighted by Gasteiger charge is 2.41. The standard InChI is InChI=1S/C16H24N2O/c1-16(2)13-11-12(7-5-4-6-10-17)8-9-14(13)18(3)15(16)19/h8-9,11H,4-7,10,17H2,1-3H3. The molecular formula is C16H24N2O. The quantitative estimate of drug-likeness (QED) is 0.827. The molecule has 1 amide bonds. The number of hydrogen-bond donors (Lipinski definition) is 1. The van der Waals surface area contributed by atoms with Crippen molar-refractivity contribution in [3.8, 4) is 0 Å². The second-order valence-corrected chi connectivity index (χ2v) is 5.94. The first-order valence-electron chi connectivity index (χ1n) is 7.10. The summed E-state index contributed by atoms with van der Waals surface area (Å²) in [4.78, 5) is 14.0. The first-order valence-corrected chi connectivity index (χ1v) is 7.10. The van der Waals surface area contributed by atoms with E-state index in [2.05, 4.69) is 18.2 Å². The highest BCUT2D eigenvalue weighted by atomic mass is 16.2. The Morgan fingerprint density at radius 3 is 2.63 bits per heavy atom. The molecule has 1 aromatic rings. The molecule has 3 nitrogen and oxygen atoms in total. The Kier molecular flexibility index (Phi) is 3.95. The van der Waals surface area contributed by atoms with Crippen LogP contribution in [0.15, 0.2) is 18.2 Å². The Labute approximate surface area is 115 Å². The maximum absolute atomic E-state index is 12.2. The van der Waals surface area contributed by atoms with Crippen molar-refractivity contribution in [2.75, 3.05) is 18.5 Å². The monoisotopic (exact) mass is 260 g/mol. The maximum Gasteiger partial charge on any atom is 0.236 e. The molecule has 0 saturated carbocycles. The Balaban J connectivity index is 2.16. The first-order chi connectivity index (χ1) is 8.98. The van der Waals surface area contributed by atoms with Gasteiger partial charge in [-0.15, -0.1) is 0 Å². The second kappa shape index (κ2) is 5.33. The van der Waals surface area contributed by atoms with Crippen molar-refractivity contribution in [2.24, 2.45) is 5.73 Å². The minimum Gasteiger partial charge on any atom is -0.330 e. The lowest BCUT2D eigenvalue weighted by atomic mass is 9.85. The number of nitrogens with zero attached hydrogens (tertiary/aromatic N) is 1. The maximum atomic E-state index is 12.2. The second-order valence-electron chi connectivity index (χ2n) is 5.94. The molecule has 0 bridgehead atoms. The van der Waals surface area contributed by atoms with Gasteiger partial charge in [0.2, 0.25) is 5.91 Å². The number of fused-ring (bicyclic) bond motifs is 1. The van der Waals surface area contributed by atoms with Crippen LogP contribution >= 0.6 is 0 Å². The summed E-state index contributed by atoms with van der Waals surface area (Å²) in [6.07, 6.45) is 4.51. The largest absolute Gasteiger partial charge is 0.330 e. The highest BCUT2D eigenvalue weighted by molar-refractivity contribution is 6.07. The van der Waals surface area contributed by atoms with E-state index in [-0.39, 0.29) is 5.91 Å². The molecule has 0 unspecified atom stereocenters. The molecular weight excluding hydrogens is 236 g/mol. The summed E-state index contributed by atoms with van der Waals surface area (Å²) in [5, 5.41) is 0. The van der Waals surface area contributed by atoms with Gasteiger partial charge >= 0.3 is 0 Å². The van der Waals surface area contributed by atoms with Crippen LogP contribution in [0.3, 0.4) is 0 Å². The predicted octanol–water partition coefficient (Wildman–Crippen LogP) is 2.61. The van der Waals surface area contributed by atoms with Gasteiger partial charge in [0.1, 0.15) is 0 Å². The third-order valence-electron chi connectivity index (χ3n) is 4.10. The smallest absolute Gasteiger partial charge is 0.236 e. The highest BCUT2D eigenvalue weighted by Crippen LogP contribution is 2.41. The van der Waals surface area contributed by atoms with Crippen LogP contribution in [-0.2, 0) is 16.6 Å². The summed E-state index contributed by atoms with van der Waals surface area (Å²) in [5.74, 6) is 0.183. The van der Waals surface area contributed by atoms with E-state index in [0.717, 1.165) is 30.6 Å². The topological polar surface area (TPSA) is 46.3 Å². The van der Waals surface area contributed by atoms with Gasteiger partial charge in [-0.3, -0.25) is 4.79 Å². The molecule has 0 atom stereocenters. The summed E-state index contributed by atoms with van der Waals surface area (Å²) < 4.78 is 0. The van der Waals surface area contributed by atoms with Gasteiger partial charge < -0.3 is 10.6 Å². The van der Waals surface area contributed by atoms with E-state index in [4.69, 9.17) is 5.73 Å². The van der Waals surface area contributed by atoms with Crippen LogP contribution in [0.25, 0.3) is 0 Å². The molecule has 1 aliphatic rings. The zero-order valence-electron chi connectivity index (χ0n) is 12.2. The summed E-state index contributed by atoms with van der Waals surface area (Å²) in [7, 11) is 1.86. The van der Waals surface area contributed by atoms with E-state index in [9.17, 15) is 4.79 Å². The average molecular weight is 260 g/mol. The van der Waals surface area contributed by atoms with Gasteiger partial charge in [-0.1, -0.05) is 18.6 Å². The number of anilines is 1. The van der Waals surface area contributed by atoms with Crippen LogP contribution in [0.4, 0.5) is 5.69 Å². The van der Waals surface area contributed by atoms with Crippen molar-refractivity contribution in [1.82, 2.24) is 0 Å². The molecule has 2 rings (SSSR count). The zero-order chi connectivity index (χ0) is 14.0. The molecule has 1 aliphatic heterocycles. The van der Waals surface area contributed by atoms with E-state index < -0.39 is 5.41 Å². The lowest BCUT2D eigenvalue weighted by Gasteiger charge is -2.16. The molecule has 0 aliphatic carbocycles. The molecule has 0 saturated heterocycles. The Morgan fingerprint density at radius 1 is 1.21 bits per heavy atom. The molecule has 0 spiro atoms. The van der Waals surface area contributed by atoms with Gasteiger partial charge in [0.05, 0.1) is 5.41 Å². The molecule has 19 heavy (non-hydrogen) atoms. The first kappa shape index (κ1) is 14.1. The van der Waals surface area contributed by atoms with Crippen LogP contribution in [-0.4, -0.2) is 19.5 Å². The molecule has 1 heterocycles. The number of nitrogens with two attached hydrogens (primary N) is 1. The lowest BCUT2D eigenvalue weighted by molar-refractivity contribution is -0.121. The van der Waals surface area contributed by atoms with Gasteiger partial charge in [-0.25, -0.2) is 0 Å². The van der Waals surface area contributed by atoms with Gasteiger partial charge in [0, 0.05) is 12.7 Å². The molecule has 104 valence electrons. The number of carbonyl (C=O) groups is 1. The molecule has 0 fully saturated rings. The number of amides is 1. The van der Waals surface area contributed by atoms with Crippen molar-refractivity contribution in [3.05, 3.63) is 29.3 Å². The van der Waals surface area contributed by atoms with E-state index in [1.165, 1.54) is 18.4 Å². The Morgan fingerprint density at radius 2 is 1.95 bits per heavy atom. The van der Waals surface area contributed by atoms with Crippen molar-refractivity contribution in [3.63, 3.8) is 0 Å². The van der Waals surface area contributed by atoms with E-state index in [0.29, 0.717) is 0 Å². The molecule has 1 aromatic carbocycles. The van der Waals surface area contributed by atoms with E-state index in [1.54, 1.807) is 4.90 Å². The van der Waals surface area contributed by atoms with Crippen molar-refractivity contribution < 1.29 is 4.79 Å². The lowest BCUT2D eigenvalue weighted by Crippen LogP contribution is -2.33. The van der Waals surface area contributed by atoms with Crippen molar-refractivity contribution in [2.45, 2.75) is 44.9 Å². The number of aryl methyl sites for hydroxylation is 1. The third kappa shape index (κ3) is 2.52. The normalized spacial score (nSPS) is 16.8. The summed E-state index contributed by atoms with van der Waals surface area (Å²) in [5.41, 5.74) is 8.66. The van der Waals surface area contributed by atoms with Gasteiger partial charge in [0.15, 0.2) is 0 Å². The summed E-state index contributed by atoms with van der Waals surface area (Å²) in [6, 6.07) is 6.44. The summed E-state index contributed by atoms with van der Waals surface area (Å²) in [6.45, 7) is 4.79. The molecule has 2 N–H and O–H groups in total. The zero-order valence-corrected chi connectivity index (χ0v) is 12.2. The fourth-order valence-electron chi connectivity index (χ4n) is 2.83.